The minimum absolute atomic E-state index is 0.0704. The predicted molar refractivity (Wildman–Crippen MR) is 114 cm³/mol. The van der Waals surface area contributed by atoms with Crippen LogP contribution in [-0.4, -0.2) is 25.5 Å². The van der Waals surface area contributed by atoms with Crippen LogP contribution in [-0.2, 0) is 11.3 Å². The standard InChI is InChI=1S/C22H18N4O2S/c1-14(21(27)23-13-15-7-6-12-28-15)29-22-25-17-9-3-2-8-16(17)20-24-18-10-4-5-11-19(18)26(20)22/h2-12,14H,13H2,1H3,(H,23,27)/t14-/m1/s1. The van der Waals surface area contributed by atoms with E-state index >= 15 is 0 Å². The maximum atomic E-state index is 12.6. The number of benzene rings is 2. The zero-order valence-electron chi connectivity index (χ0n) is 15.7. The molecule has 29 heavy (non-hydrogen) atoms. The number of nitrogens with zero attached hydrogens (tertiary/aromatic N) is 3. The Bertz CT molecular complexity index is 1330. The number of nitrogens with one attached hydrogen (secondary N) is 1. The summed E-state index contributed by atoms with van der Waals surface area (Å²) < 4.78 is 7.32. The van der Waals surface area contributed by atoms with Crippen molar-refractivity contribution in [2.24, 2.45) is 0 Å². The van der Waals surface area contributed by atoms with Gasteiger partial charge in [-0.25, -0.2) is 9.97 Å². The molecule has 3 aromatic heterocycles. The van der Waals surface area contributed by atoms with Crippen LogP contribution < -0.4 is 5.32 Å². The van der Waals surface area contributed by atoms with Crippen LogP contribution >= 0.6 is 11.8 Å². The van der Waals surface area contributed by atoms with Gasteiger partial charge in [-0.2, -0.15) is 0 Å². The van der Waals surface area contributed by atoms with Crippen LogP contribution in [0.3, 0.4) is 0 Å². The largest absolute Gasteiger partial charge is 0.467 e. The van der Waals surface area contributed by atoms with Gasteiger partial charge in [0.1, 0.15) is 11.4 Å². The SMILES string of the molecule is C[C@@H](Sc1nc2ccccc2c2nc3ccccc3n12)C(=O)NCc1ccco1. The minimum atomic E-state index is -0.331. The summed E-state index contributed by atoms with van der Waals surface area (Å²) in [5.41, 5.74) is 3.59. The lowest BCUT2D eigenvalue weighted by molar-refractivity contribution is -0.120. The van der Waals surface area contributed by atoms with Crippen molar-refractivity contribution >= 4 is 45.3 Å². The molecule has 1 amide bonds. The van der Waals surface area contributed by atoms with Crippen LogP contribution in [0, 0.1) is 0 Å². The highest BCUT2D eigenvalue weighted by atomic mass is 32.2. The van der Waals surface area contributed by atoms with Crippen LogP contribution in [0.2, 0.25) is 0 Å². The van der Waals surface area contributed by atoms with Crippen molar-refractivity contribution in [1.29, 1.82) is 0 Å². The Morgan fingerprint density at radius 2 is 1.86 bits per heavy atom. The predicted octanol–water partition coefficient (Wildman–Crippen LogP) is 4.43. The molecule has 3 heterocycles. The van der Waals surface area contributed by atoms with E-state index < -0.39 is 0 Å². The average molecular weight is 402 g/mol. The minimum Gasteiger partial charge on any atom is -0.467 e. The van der Waals surface area contributed by atoms with Gasteiger partial charge in [-0.05, 0) is 43.3 Å². The molecule has 1 N–H and O–H groups in total. The van der Waals surface area contributed by atoms with E-state index in [9.17, 15) is 4.79 Å². The lowest BCUT2D eigenvalue weighted by Crippen LogP contribution is -2.30. The highest BCUT2D eigenvalue weighted by Crippen LogP contribution is 2.30. The molecule has 2 aromatic carbocycles. The first-order valence-electron chi connectivity index (χ1n) is 9.33. The van der Waals surface area contributed by atoms with Crippen LogP contribution in [0.4, 0.5) is 0 Å². The molecule has 0 aliphatic heterocycles. The van der Waals surface area contributed by atoms with Crippen molar-refractivity contribution in [1.82, 2.24) is 19.7 Å². The Morgan fingerprint density at radius 1 is 1.07 bits per heavy atom. The van der Waals surface area contributed by atoms with E-state index in [4.69, 9.17) is 14.4 Å². The zero-order chi connectivity index (χ0) is 19.8. The van der Waals surface area contributed by atoms with Crippen molar-refractivity contribution in [3.63, 3.8) is 0 Å². The van der Waals surface area contributed by atoms with Gasteiger partial charge in [0.15, 0.2) is 5.16 Å². The van der Waals surface area contributed by atoms with E-state index in [0.717, 1.165) is 38.5 Å². The van der Waals surface area contributed by atoms with Gasteiger partial charge in [0.25, 0.3) is 0 Å². The van der Waals surface area contributed by atoms with Gasteiger partial charge in [-0.3, -0.25) is 9.20 Å². The number of hydrogen-bond acceptors (Lipinski definition) is 5. The number of para-hydroxylation sites is 3. The van der Waals surface area contributed by atoms with Gasteiger partial charge >= 0.3 is 0 Å². The number of aromatic nitrogens is 3. The summed E-state index contributed by atoms with van der Waals surface area (Å²) in [6, 6.07) is 19.6. The first-order valence-corrected chi connectivity index (χ1v) is 10.2. The number of hydrogen-bond donors (Lipinski definition) is 1. The molecular weight excluding hydrogens is 384 g/mol. The average Bonchev–Trinajstić information content (AvgIpc) is 3.40. The topological polar surface area (TPSA) is 72.4 Å². The molecule has 0 aliphatic rings. The molecule has 1 atom stereocenters. The Labute approximate surface area is 170 Å². The highest BCUT2D eigenvalue weighted by Gasteiger charge is 2.20. The number of rotatable bonds is 5. The van der Waals surface area contributed by atoms with Crippen LogP contribution in [0.25, 0.3) is 27.6 Å². The first-order chi connectivity index (χ1) is 14.2. The molecule has 144 valence electrons. The molecule has 0 fully saturated rings. The molecule has 5 rings (SSSR count). The summed E-state index contributed by atoms with van der Waals surface area (Å²) in [6.45, 7) is 2.25. The van der Waals surface area contributed by atoms with Gasteiger partial charge in [-0.15, -0.1) is 0 Å². The van der Waals surface area contributed by atoms with E-state index in [1.165, 1.54) is 11.8 Å². The van der Waals surface area contributed by atoms with Gasteiger partial charge in [0.2, 0.25) is 5.91 Å². The maximum Gasteiger partial charge on any atom is 0.233 e. The molecule has 7 heteroatoms. The molecule has 5 aromatic rings. The second-order valence-corrected chi connectivity index (χ2v) is 8.04. The van der Waals surface area contributed by atoms with Crippen molar-refractivity contribution in [2.45, 2.75) is 23.9 Å². The quantitative estimate of drug-likeness (QED) is 0.348. The molecule has 0 unspecified atom stereocenters. The van der Waals surface area contributed by atoms with Gasteiger partial charge in [-0.1, -0.05) is 36.0 Å². The molecule has 0 saturated heterocycles. The zero-order valence-corrected chi connectivity index (χ0v) is 16.5. The summed E-state index contributed by atoms with van der Waals surface area (Å²) in [4.78, 5) is 22.3. The number of thioether (sulfide) groups is 1. The fourth-order valence-electron chi connectivity index (χ4n) is 3.34. The summed E-state index contributed by atoms with van der Waals surface area (Å²) in [6.07, 6.45) is 1.60. The second-order valence-electron chi connectivity index (χ2n) is 6.73. The first kappa shape index (κ1) is 17.8. The van der Waals surface area contributed by atoms with E-state index in [1.807, 2.05) is 65.9 Å². The summed E-state index contributed by atoms with van der Waals surface area (Å²) in [5, 5.41) is 4.32. The van der Waals surface area contributed by atoms with Crippen molar-refractivity contribution < 1.29 is 9.21 Å². The molecular formula is C22H18N4O2S. The number of carbonyl (C=O) groups is 1. The fourth-order valence-corrected chi connectivity index (χ4v) is 4.28. The van der Waals surface area contributed by atoms with Crippen LogP contribution in [0.1, 0.15) is 12.7 Å². The van der Waals surface area contributed by atoms with Crippen molar-refractivity contribution in [2.75, 3.05) is 0 Å². The van der Waals surface area contributed by atoms with Gasteiger partial charge in [0.05, 0.1) is 34.6 Å². The van der Waals surface area contributed by atoms with E-state index in [1.54, 1.807) is 12.3 Å². The molecule has 0 saturated carbocycles. The van der Waals surface area contributed by atoms with E-state index in [0.29, 0.717) is 6.54 Å². The van der Waals surface area contributed by atoms with Crippen molar-refractivity contribution in [3.05, 3.63) is 72.7 Å². The number of imidazole rings is 1. The Balaban J connectivity index is 1.53. The molecule has 0 spiro atoms. The summed E-state index contributed by atoms with van der Waals surface area (Å²) in [5.74, 6) is 0.654. The lowest BCUT2D eigenvalue weighted by Gasteiger charge is -2.13. The summed E-state index contributed by atoms with van der Waals surface area (Å²) >= 11 is 1.42. The van der Waals surface area contributed by atoms with Crippen LogP contribution in [0.5, 0.6) is 0 Å². The number of fused-ring (bicyclic) bond motifs is 5. The smallest absolute Gasteiger partial charge is 0.233 e. The normalized spacial score (nSPS) is 12.6. The van der Waals surface area contributed by atoms with E-state index in [2.05, 4.69) is 5.32 Å². The number of amides is 1. The third-order valence-electron chi connectivity index (χ3n) is 4.78. The third kappa shape index (κ3) is 3.23. The van der Waals surface area contributed by atoms with E-state index in [-0.39, 0.29) is 11.2 Å². The molecule has 0 radical (unpaired) electrons. The summed E-state index contributed by atoms with van der Waals surface area (Å²) in [7, 11) is 0. The highest BCUT2D eigenvalue weighted by molar-refractivity contribution is 8.00. The maximum absolute atomic E-state index is 12.6. The molecule has 0 bridgehead atoms. The van der Waals surface area contributed by atoms with Crippen molar-refractivity contribution in [3.8, 4) is 0 Å². The fraction of sp³-hybridized carbons (Fsp3) is 0.136. The second kappa shape index (κ2) is 7.25. The number of carbonyl (C=O) groups excluding carboxylic acids is 1. The Hall–Kier alpha value is -3.32. The Morgan fingerprint density at radius 3 is 2.69 bits per heavy atom. The number of furan rings is 1. The van der Waals surface area contributed by atoms with Gasteiger partial charge in [0, 0.05) is 5.39 Å². The third-order valence-corrected chi connectivity index (χ3v) is 5.83. The van der Waals surface area contributed by atoms with Gasteiger partial charge < -0.3 is 9.73 Å². The molecule has 6 nitrogen and oxygen atoms in total. The lowest BCUT2D eigenvalue weighted by atomic mass is 10.2. The Kier molecular flexibility index (Phi) is 4.44. The van der Waals surface area contributed by atoms with Crippen LogP contribution in [0.15, 0.2) is 76.5 Å². The molecule has 0 aliphatic carbocycles. The monoisotopic (exact) mass is 402 g/mol.